The molecule has 7 heteroatoms. The SMILES string of the molecule is N#Cc1cc(-c2ccccc2Cl)nc(C(=O)CCC(=O)O)c1O. The molecule has 0 aliphatic rings. The number of aromatic nitrogens is 1. The van der Waals surface area contributed by atoms with Crippen molar-refractivity contribution in [1.82, 2.24) is 4.98 Å². The van der Waals surface area contributed by atoms with E-state index in [4.69, 9.17) is 22.0 Å². The summed E-state index contributed by atoms with van der Waals surface area (Å²) in [5.41, 5.74) is 0.287. The summed E-state index contributed by atoms with van der Waals surface area (Å²) in [7, 11) is 0. The number of carboxylic acids is 1. The molecular formula is C16H11ClN2O4. The van der Waals surface area contributed by atoms with Gasteiger partial charge in [-0.3, -0.25) is 9.59 Å². The van der Waals surface area contributed by atoms with Crippen molar-refractivity contribution in [2.75, 3.05) is 0 Å². The highest BCUT2D eigenvalue weighted by molar-refractivity contribution is 6.33. The van der Waals surface area contributed by atoms with Gasteiger partial charge in [-0.05, 0) is 12.1 Å². The largest absolute Gasteiger partial charge is 0.504 e. The van der Waals surface area contributed by atoms with Gasteiger partial charge in [0.05, 0.1) is 17.7 Å². The molecule has 0 aliphatic carbocycles. The van der Waals surface area contributed by atoms with Crippen LogP contribution < -0.4 is 0 Å². The van der Waals surface area contributed by atoms with Gasteiger partial charge in [-0.1, -0.05) is 29.8 Å². The molecule has 1 aromatic carbocycles. The van der Waals surface area contributed by atoms with E-state index >= 15 is 0 Å². The Morgan fingerprint density at radius 1 is 1.26 bits per heavy atom. The second-order valence-corrected chi connectivity index (χ2v) is 5.07. The fourth-order valence-electron chi connectivity index (χ4n) is 1.96. The van der Waals surface area contributed by atoms with E-state index in [2.05, 4.69) is 4.98 Å². The minimum Gasteiger partial charge on any atom is -0.504 e. The van der Waals surface area contributed by atoms with E-state index in [9.17, 15) is 14.7 Å². The van der Waals surface area contributed by atoms with Crippen LogP contribution in [0.3, 0.4) is 0 Å². The molecule has 23 heavy (non-hydrogen) atoms. The molecular weight excluding hydrogens is 320 g/mol. The number of halogens is 1. The molecule has 116 valence electrons. The van der Waals surface area contributed by atoms with E-state index in [1.54, 1.807) is 30.3 Å². The lowest BCUT2D eigenvalue weighted by molar-refractivity contribution is -0.136. The summed E-state index contributed by atoms with van der Waals surface area (Å²) in [6.45, 7) is 0. The summed E-state index contributed by atoms with van der Waals surface area (Å²) < 4.78 is 0. The van der Waals surface area contributed by atoms with Crippen LogP contribution >= 0.6 is 11.6 Å². The van der Waals surface area contributed by atoms with Gasteiger partial charge in [-0.2, -0.15) is 5.26 Å². The molecule has 0 unspecified atom stereocenters. The topological polar surface area (TPSA) is 111 Å². The molecule has 0 amide bonds. The summed E-state index contributed by atoms with van der Waals surface area (Å²) >= 11 is 6.08. The first-order valence-corrected chi connectivity index (χ1v) is 6.96. The third kappa shape index (κ3) is 3.65. The second-order valence-electron chi connectivity index (χ2n) is 4.66. The predicted octanol–water partition coefficient (Wildman–Crippen LogP) is 3.03. The molecule has 2 rings (SSSR count). The van der Waals surface area contributed by atoms with Gasteiger partial charge >= 0.3 is 5.97 Å². The highest BCUT2D eigenvalue weighted by atomic mass is 35.5. The van der Waals surface area contributed by atoms with Gasteiger partial charge in [0.2, 0.25) is 0 Å². The number of nitriles is 1. The van der Waals surface area contributed by atoms with E-state index in [0.717, 1.165) is 0 Å². The molecule has 1 aromatic heterocycles. The van der Waals surface area contributed by atoms with Crippen molar-refractivity contribution in [3.63, 3.8) is 0 Å². The lowest BCUT2D eigenvalue weighted by atomic mass is 10.0. The van der Waals surface area contributed by atoms with Crippen LogP contribution in [0.5, 0.6) is 5.75 Å². The van der Waals surface area contributed by atoms with Gasteiger partial charge in [0, 0.05) is 17.0 Å². The minimum atomic E-state index is -1.14. The molecule has 0 spiro atoms. The summed E-state index contributed by atoms with van der Waals surface area (Å²) in [4.78, 5) is 26.7. The first-order chi connectivity index (χ1) is 10.9. The van der Waals surface area contributed by atoms with E-state index in [1.807, 2.05) is 0 Å². The maximum absolute atomic E-state index is 12.1. The molecule has 0 bridgehead atoms. The van der Waals surface area contributed by atoms with Crippen molar-refractivity contribution < 1.29 is 19.8 Å². The number of carbonyl (C=O) groups excluding carboxylic acids is 1. The number of hydrogen-bond acceptors (Lipinski definition) is 5. The average molecular weight is 331 g/mol. The lowest BCUT2D eigenvalue weighted by Gasteiger charge is -2.09. The number of aliphatic carboxylic acids is 1. The lowest BCUT2D eigenvalue weighted by Crippen LogP contribution is -2.08. The summed E-state index contributed by atoms with van der Waals surface area (Å²) in [6, 6.07) is 9.83. The number of ketones is 1. The summed E-state index contributed by atoms with van der Waals surface area (Å²) in [5, 5.41) is 28.1. The van der Waals surface area contributed by atoms with E-state index < -0.39 is 23.9 Å². The molecule has 1 heterocycles. The van der Waals surface area contributed by atoms with Crippen molar-refractivity contribution in [3.05, 3.63) is 46.6 Å². The first-order valence-electron chi connectivity index (χ1n) is 6.58. The Labute approximate surface area is 136 Å². The normalized spacial score (nSPS) is 10.1. The van der Waals surface area contributed by atoms with Crippen molar-refractivity contribution in [2.45, 2.75) is 12.8 Å². The number of benzene rings is 1. The van der Waals surface area contributed by atoms with Crippen molar-refractivity contribution >= 4 is 23.4 Å². The van der Waals surface area contributed by atoms with Crippen LogP contribution in [-0.4, -0.2) is 26.9 Å². The Balaban J connectivity index is 2.53. The number of nitrogens with zero attached hydrogens (tertiary/aromatic N) is 2. The van der Waals surface area contributed by atoms with Crippen LogP contribution in [0.15, 0.2) is 30.3 Å². The Morgan fingerprint density at radius 2 is 1.96 bits per heavy atom. The first kappa shape index (κ1) is 16.5. The monoisotopic (exact) mass is 330 g/mol. The molecule has 0 saturated carbocycles. The second kappa shape index (κ2) is 6.90. The van der Waals surface area contributed by atoms with Crippen LogP contribution in [-0.2, 0) is 4.79 Å². The molecule has 0 aliphatic heterocycles. The van der Waals surface area contributed by atoms with Crippen LogP contribution in [0.2, 0.25) is 5.02 Å². The van der Waals surface area contributed by atoms with Gasteiger partial charge in [-0.25, -0.2) is 4.98 Å². The number of rotatable bonds is 5. The van der Waals surface area contributed by atoms with Crippen molar-refractivity contribution in [2.24, 2.45) is 0 Å². The van der Waals surface area contributed by atoms with Crippen LogP contribution in [0, 0.1) is 11.3 Å². The summed E-state index contributed by atoms with van der Waals surface area (Å²) in [5.74, 6) is -2.35. The highest BCUT2D eigenvalue weighted by Gasteiger charge is 2.20. The van der Waals surface area contributed by atoms with Gasteiger partial charge in [-0.15, -0.1) is 0 Å². The zero-order valence-corrected chi connectivity index (χ0v) is 12.5. The van der Waals surface area contributed by atoms with Crippen LogP contribution in [0.1, 0.15) is 28.9 Å². The number of hydrogen-bond donors (Lipinski definition) is 2. The molecule has 0 radical (unpaired) electrons. The van der Waals surface area contributed by atoms with E-state index in [-0.39, 0.29) is 23.4 Å². The number of aromatic hydroxyl groups is 1. The fourth-order valence-corrected chi connectivity index (χ4v) is 2.20. The molecule has 0 saturated heterocycles. The molecule has 6 nitrogen and oxygen atoms in total. The Kier molecular flexibility index (Phi) is 4.94. The third-order valence-corrected chi connectivity index (χ3v) is 3.42. The van der Waals surface area contributed by atoms with Crippen molar-refractivity contribution in [3.8, 4) is 23.1 Å². The Hall–Kier alpha value is -2.91. The van der Waals surface area contributed by atoms with Gasteiger partial charge in [0.25, 0.3) is 0 Å². The zero-order chi connectivity index (χ0) is 17.0. The van der Waals surface area contributed by atoms with Crippen LogP contribution in [0.25, 0.3) is 11.3 Å². The number of carboxylic acid groups (broad SMARTS) is 1. The minimum absolute atomic E-state index is 0.131. The average Bonchev–Trinajstić information content (AvgIpc) is 2.53. The standard InChI is InChI=1S/C16H11ClN2O4/c17-11-4-2-1-3-10(11)12-7-9(8-18)16(23)15(19-12)13(20)5-6-14(21)22/h1-4,7,23H,5-6H2,(H,21,22). The number of Topliss-reactive ketones (excluding diaryl/α,β-unsaturated/α-hetero) is 1. The van der Waals surface area contributed by atoms with Crippen LogP contribution in [0.4, 0.5) is 0 Å². The zero-order valence-electron chi connectivity index (χ0n) is 11.8. The molecule has 0 atom stereocenters. The maximum Gasteiger partial charge on any atom is 0.303 e. The third-order valence-electron chi connectivity index (χ3n) is 3.09. The smallest absolute Gasteiger partial charge is 0.303 e. The highest BCUT2D eigenvalue weighted by Crippen LogP contribution is 2.31. The van der Waals surface area contributed by atoms with E-state index in [0.29, 0.717) is 10.6 Å². The van der Waals surface area contributed by atoms with Gasteiger partial charge in [0.1, 0.15) is 11.8 Å². The molecule has 2 aromatic rings. The fraction of sp³-hybridized carbons (Fsp3) is 0.125. The quantitative estimate of drug-likeness (QED) is 0.815. The molecule has 2 N–H and O–H groups in total. The molecule has 0 fully saturated rings. The Bertz CT molecular complexity index is 827. The van der Waals surface area contributed by atoms with E-state index in [1.165, 1.54) is 6.07 Å². The maximum atomic E-state index is 12.1. The predicted molar refractivity (Wildman–Crippen MR) is 82.3 cm³/mol. The number of pyridine rings is 1. The van der Waals surface area contributed by atoms with Crippen molar-refractivity contribution in [1.29, 1.82) is 5.26 Å². The van der Waals surface area contributed by atoms with Gasteiger partial charge < -0.3 is 10.2 Å². The Morgan fingerprint density at radius 3 is 2.57 bits per heavy atom. The van der Waals surface area contributed by atoms with Gasteiger partial charge in [0.15, 0.2) is 11.5 Å². The summed E-state index contributed by atoms with van der Waals surface area (Å²) in [6.07, 6.45) is -0.717. The number of carbonyl (C=O) groups is 2.